The Hall–Kier alpha value is -2.60. The van der Waals surface area contributed by atoms with E-state index in [0.29, 0.717) is 0 Å². The average molecular weight is 369 g/mol. The third-order valence-electron chi connectivity index (χ3n) is 3.99. The summed E-state index contributed by atoms with van der Waals surface area (Å²) in [7, 11) is 0. The number of carbonyl (C=O) groups is 1. The topological polar surface area (TPSA) is 54.9 Å². The average Bonchev–Trinajstić information content (AvgIpc) is 3.09. The summed E-state index contributed by atoms with van der Waals surface area (Å²) in [4.78, 5) is 21.3. The Balaban J connectivity index is 1.67. The number of aromatic nitrogens is 2. The number of rotatable bonds is 6. The number of carbonyl (C=O) groups excluding carboxylic acids is 1. The van der Waals surface area contributed by atoms with Crippen molar-refractivity contribution in [1.82, 2.24) is 15.3 Å². The lowest BCUT2D eigenvalue weighted by atomic mass is 9.96. The van der Waals surface area contributed by atoms with E-state index in [0.717, 1.165) is 22.0 Å². The summed E-state index contributed by atoms with van der Waals surface area (Å²) >= 11 is 1.47. The van der Waals surface area contributed by atoms with E-state index in [1.54, 1.807) is 18.3 Å². The molecule has 1 N–H and O–H groups in total. The van der Waals surface area contributed by atoms with Gasteiger partial charge < -0.3 is 5.32 Å². The molecule has 4 nitrogen and oxygen atoms in total. The second-order valence-corrected chi connectivity index (χ2v) is 7.23. The molecule has 134 valence electrons. The molecule has 0 spiro atoms. The van der Waals surface area contributed by atoms with Crippen molar-refractivity contribution in [2.75, 3.05) is 0 Å². The fraction of sp³-hybridized carbons (Fsp3) is 0.250. The lowest BCUT2D eigenvalue weighted by molar-refractivity contribution is -0.121. The molecule has 26 heavy (non-hydrogen) atoms. The molecule has 1 amide bonds. The summed E-state index contributed by atoms with van der Waals surface area (Å²) in [6.07, 6.45) is 1.92. The fourth-order valence-corrected chi connectivity index (χ4v) is 3.48. The Morgan fingerprint density at radius 1 is 1.19 bits per heavy atom. The summed E-state index contributed by atoms with van der Waals surface area (Å²) in [6.45, 7) is 4.05. The maximum atomic E-state index is 13.1. The molecular formula is C20H20FN3OS. The normalized spacial score (nSPS) is 12.2. The van der Waals surface area contributed by atoms with Gasteiger partial charge in [0.1, 0.15) is 10.8 Å². The number of nitrogens with zero attached hydrogens (tertiary/aromatic N) is 2. The second kappa shape index (κ2) is 8.19. The van der Waals surface area contributed by atoms with E-state index in [4.69, 9.17) is 0 Å². The highest BCUT2D eigenvalue weighted by atomic mass is 32.1. The van der Waals surface area contributed by atoms with E-state index in [1.807, 2.05) is 37.4 Å². The lowest BCUT2D eigenvalue weighted by Crippen LogP contribution is -2.32. The van der Waals surface area contributed by atoms with Gasteiger partial charge in [0.15, 0.2) is 0 Å². The van der Waals surface area contributed by atoms with Gasteiger partial charge in [0.2, 0.25) is 5.91 Å². The van der Waals surface area contributed by atoms with Gasteiger partial charge in [-0.05, 0) is 35.7 Å². The van der Waals surface area contributed by atoms with Gasteiger partial charge in [0.05, 0.1) is 23.9 Å². The monoisotopic (exact) mass is 369 g/mol. The number of thiazole rings is 1. The highest BCUT2D eigenvalue weighted by Gasteiger charge is 2.19. The maximum Gasteiger partial charge on any atom is 0.226 e. The highest BCUT2D eigenvalue weighted by Crippen LogP contribution is 2.24. The van der Waals surface area contributed by atoms with Gasteiger partial charge >= 0.3 is 0 Å². The first-order valence-corrected chi connectivity index (χ1v) is 9.31. The highest BCUT2D eigenvalue weighted by molar-refractivity contribution is 7.13. The first kappa shape index (κ1) is 18.2. The summed E-state index contributed by atoms with van der Waals surface area (Å²) < 4.78 is 13.1. The molecule has 0 aliphatic rings. The van der Waals surface area contributed by atoms with Gasteiger partial charge in [-0.25, -0.2) is 9.37 Å². The lowest BCUT2D eigenvalue weighted by Gasteiger charge is -2.22. The van der Waals surface area contributed by atoms with Crippen LogP contribution in [0.5, 0.6) is 0 Å². The van der Waals surface area contributed by atoms with Crippen LogP contribution in [0.15, 0.2) is 54.0 Å². The maximum absolute atomic E-state index is 13.1. The molecule has 2 aromatic heterocycles. The summed E-state index contributed by atoms with van der Waals surface area (Å²) in [5.41, 5.74) is 2.41. The molecule has 2 heterocycles. The van der Waals surface area contributed by atoms with Gasteiger partial charge in [-0.3, -0.25) is 9.78 Å². The van der Waals surface area contributed by atoms with Crippen molar-refractivity contribution in [3.8, 4) is 10.7 Å². The first-order valence-electron chi connectivity index (χ1n) is 8.43. The first-order chi connectivity index (χ1) is 12.5. The van der Waals surface area contributed by atoms with Crippen LogP contribution in [0.25, 0.3) is 10.7 Å². The molecule has 0 saturated carbocycles. The minimum absolute atomic E-state index is 0.106. The third kappa shape index (κ3) is 4.52. The zero-order chi connectivity index (χ0) is 18.5. The van der Waals surface area contributed by atoms with Crippen molar-refractivity contribution in [2.45, 2.75) is 26.3 Å². The molecule has 0 aliphatic carbocycles. The zero-order valence-electron chi connectivity index (χ0n) is 14.6. The SMILES string of the molecule is CC(C)C(NC(=O)Cc1csc(-c2ccccn2)n1)c1ccc(F)cc1. The number of hydrogen-bond donors (Lipinski definition) is 1. The third-order valence-corrected chi connectivity index (χ3v) is 4.90. The van der Waals surface area contributed by atoms with E-state index in [2.05, 4.69) is 15.3 Å². The number of benzene rings is 1. The molecule has 6 heteroatoms. The van der Waals surface area contributed by atoms with E-state index < -0.39 is 0 Å². The van der Waals surface area contributed by atoms with E-state index in [-0.39, 0.29) is 30.1 Å². The molecule has 0 aliphatic heterocycles. The Morgan fingerprint density at radius 2 is 1.96 bits per heavy atom. The summed E-state index contributed by atoms with van der Waals surface area (Å²) in [5.74, 6) is -0.207. The van der Waals surface area contributed by atoms with Gasteiger partial charge in [-0.2, -0.15) is 0 Å². The molecule has 0 saturated heterocycles. The molecule has 0 bridgehead atoms. The van der Waals surface area contributed by atoms with Crippen LogP contribution < -0.4 is 5.32 Å². The number of hydrogen-bond acceptors (Lipinski definition) is 4. The van der Waals surface area contributed by atoms with Crippen molar-refractivity contribution < 1.29 is 9.18 Å². The van der Waals surface area contributed by atoms with Crippen molar-refractivity contribution in [1.29, 1.82) is 0 Å². The Kier molecular flexibility index (Phi) is 5.73. The van der Waals surface area contributed by atoms with Crippen molar-refractivity contribution in [2.24, 2.45) is 5.92 Å². The van der Waals surface area contributed by atoms with Crippen molar-refractivity contribution >= 4 is 17.2 Å². The van der Waals surface area contributed by atoms with Gasteiger partial charge in [-0.1, -0.05) is 32.0 Å². The number of pyridine rings is 1. The zero-order valence-corrected chi connectivity index (χ0v) is 15.5. The molecule has 1 aromatic carbocycles. The van der Waals surface area contributed by atoms with Crippen LogP contribution >= 0.6 is 11.3 Å². The quantitative estimate of drug-likeness (QED) is 0.701. The van der Waals surface area contributed by atoms with Gasteiger partial charge in [0.25, 0.3) is 0 Å². The predicted octanol–water partition coefficient (Wildman–Crippen LogP) is 4.40. The number of halogens is 1. The Morgan fingerprint density at radius 3 is 2.62 bits per heavy atom. The van der Waals surface area contributed by atoms with E-state index in [9.17, 15) is 9.18 Å². The minimum Gasteiger partial charge on any atom is -0.349 e. The molecule has 1 unspecified atom stereocenters. The standard InChI is InChI=1S/C20H20FN3OS/c1-13(2)19(14-6-8-15(21)9-7-14)24-18(25)11-16-12-26-20(23-16)17-5-3-4-10-22-17/h3-10,12-13,19H,11H2,1-2H3,(H,24,25). The Bertz CT molecular complexity index is 862. The molecule has 0 radical (unpaired) electrons. The second-order valence-electron chi connectivity index (χ2n) is 6.38. The minimum atomic E-state index is -0.285. The summed E-state index contributed by atoms with van der Waals surface area (Å²) in [6, 6.07) is 11.7. The van der Waals surface area contributed by atoms with Crippen LogP contribution in [-0.4, -0.2) is 15.9 Å². The van der Waals surface area contributed by atoms with Crippen LogP contribution in [0, 0.1) is 11.7 Å². The fourth-order valence-electron chi connectivity index (χ4n) is 2.69. The number of nitrogens with one attached hydrogen (secondary N) is 1. The molecular weight excluding hydrogens is 349 g/mol. The van der Waals surface area contributed by atoms with Crippen LogP contribution in [0.2, 0.25) is 0 Å². The van der Waals surface area contributed by atoms with Gasteiger partial charge in [-0.15, -0.1) is 11.3 Å². The molecule has 3 aromatic rings. The van der Waals surface area contributed by atoms with Crippen LogP contribution in [0.4, 0.5) is 4.39 Å². The molecule has 1 atom stereocenters. The molecule has 3 rings (SSSR count). The van der Waals surface area contributed by atoms with Gasteiger partial charge in [0, 0.05) is 11.6 Å². The summed E-state index contributed by atoms with van der Waals surface area (Å²) in [5, 5.41) is 5.72. The van der Waals surface area contributed by atoms with E-state index in [1.165, 1.54) is 23.5 Å². The van der Waals surface area contributed by atoms with E-state index >= 15 is 0 Å². The van der Waals surface area contributed by atoms with Crippen molar-refractivity contribution in [3.05, 3.63) is 71.1 Å². The number of amides is 1. The smallest absolute Gasteiger partial charge is 0.226 e. The van der Waals surface area contributed by atoms with Crippen molar-refractivity contribution in [3.63, 3.8) is 0 Å². The van der Waals surface area contributed by atoms with Crippen LogP contribution in [0.3, 0.4) is 0 Å². The van der Waals surface area contributed by atoms with Crippen LogP contribution in [0.1, 0.15) is 31.1 Å². The largest absolute Gasteiger partial charge is 0.349 e. The predicted molar refractivity (Wildman–Crippen MR) is 101 cm³/mol. The van der Waals surface area contributed by atoms with Crippen LogP contribution in [-0.2, 0) is 11.2 Å². The molecule has 0 fully saturated rings. The Labute approximate surface area is 156 Å².